The van der Waals surface area contributed by atoms with E-state index in [1.807, 2.05) is 19.9 Å². The van der Waals surface area contributed by atoms with Crippen molar-refractivity contribution < 1.29 is 9.21 Å². The second-order valence-electron chi connectivity index (χ2n) is 4.22. The molecule has 1 N–H and O–H groups in total. The SMILES string of the molecule is CCc1ccc(C(=O)Nc2cc(C#N)ccc2C)o1. The number of carbonyl (C=O) groups is 1. The molecule has 1 aromatic carbocycles. The second kappa shape index (κ2) is 5.40. The number of nitrogens with one attached hydrogen (secondary N) is 1. The predicted octanol–water partition coefficient (Wildman–Crippen LogP) is 3.27. The minimum absolute atomic E-state index is 0.276. The van der Waals surface area contributed by atoms with E-state index in [0.717, 1.165) is 17.7 Å². The lowest BCUT2D eigenvalue weighted by atomic mass is 10.1. The summed E-state index contributed by atoms with van der Waals surface area (Å²) in [6.07, 6.45) is 0.746. The van der Waals surface area contributed by atoms with Crippen LogP contribution in [-0.2, 0) is 6.42 Å². The monoisotopic (exact) mass is 254 g/mol. The van der Waals surface area contributed by atoms with Gasteiger partial charge in [0.2, 0.25) is 0 Å². The predicted molar refractivity (Wildman–Crippen MR) is 71.9 cm³/mol. The maximum Gasteiger partial charge on any atom is 0.291 e. The summed E-state index contributed by atoms with van der Waals surface area (Å²) >= 11 is 0. The molecule has 0 atom stereocenters. The molecular weight excluding hydrogens is 240 g/mol. The maximum absolute atomic E-state index is 12.0. The Balaban J connectivity index is 2.21. The van der Waals surface area contributed by atoms with Crippen LogP contribution in [0, 0.1) is 18.3 Å². The third-order valence-electron chi connectivity index (χ3n) is 2.85. The van der Waals surface area contributed by atoms with Crippen molar-refractivity contribution >= 4 is 11.6 Å². The van der Waals surface area contributed by atoms with E-state index in [2.05, 4.69) is 5.32 Å². The molecule has 4 heteroatoms. The number of amides is 1. The van der Waals surface area contributed by atoms with Gasteiger partial charge in [0, 0.05) is 12.1 Å². The van der Waals surface area contributed by atoms with Crippen LogP contribution in [0.4, 0.5) is 5.69 Å². The molecule has 0 saturated carbocycles. The van der Waals surface area contributed by atoms with Gasteiger partial charge in [0.25, 0.3) is 5.91 Å². The zero-order chi connectivity index (χ0) is 13.8. The average molecular weight is 254 g/mol. The molecule has 1 heterocycles. The maximum atomic E-state index is 12.0. The molecule has 2 aromatic rings. The minimum Gasteiger partial charge on any atom is -0.456 e. The van der Waals surface area contributed by atoms with Gasteiger partial charge in [-0.05, 0) is 36.8 Å². The Morgan fingerprint density at radius 1 is 1.37 bits per heavy atom. The molecule has 0 spiro atoms. The van der Waals surface area contributed by atoms with Gasteiger partial charge in [0.15, 0.2) is 5.76 Å². The van der Waals surface area contributed by atoms with E-state index in [0.29, 0.717) is 11.3 Å². The average Bonchev–Trinajstić information content (AvgIpc) is 2.90. The van der Waals surface area contributed by atoms with Crippen LogP contribution in [0.15, 0.2) is 34.7 Å². The second-order valence-corrected chi connectivity index (χ2v) is 4.22. The lowest BCUT2D eigenvalue weighted by Crippen LogP contribution is -2.12. The van der Waals surface area contributed by atoms with E-state index in [1.54, 1.807) is 30.3 Å². The molecule has 4 nitrogen and oxygen atoms in total. The third-order valence-corrected chi connectivity index (χ3v) is 2.85. The van der Waals surface area contributed by atoms with Gasteiger partial charge in [-0.25, -0.2) is 0 Å². The molecule has 0 saturated heterocycles. The molecule has 0 radical (unpaired) electrons. The number of furan rings is 1. The Morgan fingerprint density at radius 3 is 2.79 bits per heavy atom. The summed E-state index contributed by atoms with van der Waals surface area (Å²) < 4.78 is 5.39. The van der Waals surface area contributed by atoms with Crippen LogP contribution in [0.3, 0.4) is 0 Å². The van der Waals surface area contributed by atoms with Crippen molar-refractivity contribution in [1.29, 1.82) is 5.26 Å². The molecule has 96 valence electrons. The topological polar surface area (TPSA) is 66.0 Å². The minimum atomic E-state index is -0.308. The van der Waals surface area contributed by atoms with Crippen LogP contribution in [0.2, 0.25) is 0 Å². The van der Waals surface area contributed by atoms with Gasteiger partial charge in [-0.2, -0.15) is 5.26 Å². The molecule has 0 unspecified atom stereocenters. The van der Waals surface area contributed by atoms with Gasteiger partial charge >= 0.3 is 0 Å². The van der Waals surface area contributed by atoms with Crippen molar-refractivity contribution in [1.82, 2.24) is 0 Å². The van der Waals surface area contributed by atoms with E-state index in [4.69, 9.17) is 9.68 Å². The van der Waals surface area contributed by atoms with E-state index < -0.39 is 0 Å². The van der Waals surface area contributed by atoms with Crippen LogP contribution < -0.4 is 5.32 Å². The van der Waals surface area contributed by atoms with E-state index in [1.165, 1.54) is 0 Å². The number of nitriles is 1. The van der Waals surface area contributed by atoms with Crippen LogP contribution in [0.1, 0.15) is 34.4 Å². The molecule has 0 aliphatic carbocycles. The van der Waals surface area contributed by atoms with E-state index >= 15 is 0 Å². The van der Waals surface area contributed by atoms with Gasteiger partial charge in [-0.1, -0.05) is 13.0 Å². The largest absolute Gasteiger partial charge is 0.456 e. The lowest BCUT2D eigenvalue weighted by molar-refractivity contribution is 0.0995. The van der Waals surface area contributed by atoms with Crippen molar-refractivity contribution in [3.63, 3.8) is 0 Å². The highest BCUT2D eigenvalue weighted by Crippen LogP contribution is 2.18. The molecule has 0 fully saturated rings. The van der Waals surface area contributed by atoms with Crippen LogP contribution in [-0.4, -0.2) is 5.91 Å². The normalized spacial score (nSPS) is 9.95. The van der Waals surface area contributed by atoms with Gasteiger partial charge < -0.3 is 9.73 Å². The van der Waals surface area contributed by atoms with Crippen molar-refractivity contribution in [3.05, 3.63) is 53.0 Å². The Morgan fingerprint density at radius 2 is 2.16 bits per heavy atom. The molecule has 19 heavy (non-hydrogen) atoms. The molecular formula is C15H14N2O2. The molecule has 0 aliphatic heterocycles. The summed E-state index contributed by atoms with van der Waals surface area (Å²) in [5, 5.41) is 11.6. The zero-order valence-corrected chi connectivity index (χ0v) is 10.9. The number of anilines is 1. The molecule has 0 aliphatic rings. The molecule has 2 rings (SSSR count). The fraction of sp³-hybridized carbons (Fsp3) is 0.200. The lowest BCUT2D eigenvalue weighted by Gasteiger charge is -2.07. The van der Waals surface area contributed by atoms with Crippen molar-refractivity contribution in [2.24, 2.45) is 0 Å². The van der Waals surface area contributed by atoms with Crippen LogP contribution >= 0.6 is 0 Å². The van der Waals surface area contributed by atoms with Crippen LogP contribution in [0.5, 0.6) is 0 Å². The van der Waals surface area contributed by atoms with Crippen molar-refractivity contribution in [2.45, 2.75) is 20.3 Å². The summed E-state index contributed by atoms with van der Waals surface area (Å²) in [4.78, 5) is 12.0. The van der Waals surface area contributed by atoms with E-state index in [9.17, 15) is 4.79 Å². The van der Waals surface area contributed by atoms with Crippen molar-refractivity contribution in [3.8, 4) is 6.07 Å². The Labute approximate surface area is 111 Å². The highest BCUT2D eigenvalue weighted by Gasteiger charge is 2.12. The van der Waals surface area contributed by atoms with Gasteiger partial charge in [-0.3, -0.25) is 4.79 Å². The van der Waals surface area contributed by atoms with Gasteiger partial charge in [0.1, 0.15) is 5.76 Å². The number of rotatable bonds is 3. The first-order valence-corrected chi connectivity index (χ1v) is 6.05. The fourth-order valence-corrected chi connectivity index (χ4v) is 1.70. The summed E-state index contributed by atoms with van der Waals surface area (Å²) in [7, 11) is 0. The van der Waals surface area contributed by atoms with Crippen LogP contribution in [0.25, 0.3) is 0 Å². The summed E-state index contributed by atoms with van der Waals surface area (Å²) in [5.41, 5.74) is 2.03. The first kappa shape index (κ1) is 12.9. The fourth-order valence-electron chi connectivity index (χ4n) is 1.70. The highest BCUT2D eigenvalue weighted by atomic mass is 16.3. The summed E-state index contributed by atoms with van der Waals surface area (Å²) in [6.45, 7) is 3.83. The van der Waals surface area contributed by atoms with Crippen molar-refractivity contribution in [2.75, 3.05) is 5.32 Å². The number of nitrogens with zero attached hydrogens (tertiary/aromatic N) is 1. The Kier molecular flexibility index (Phi) is 3.67. The number of aryl methyl sites for hydroxylation is 2. The zero-order valence-electron chi connectivity index (χ0n) is 10.9. The quantitative estimate of drug-likeness (QED) is 0.914. The van der Waals surface area contributed by atoms with Gasteiger partial charge in [0.05, 0.1) is 11.6 Å². The highest BCUT2D eigenvalue weighted by molar-refractivity contribution is 6.02. The smallest absolute Gasteiger partial charge is 0.291 e. The molecule has 1 aromatic heterocycles. The summed E-state index contributed by atoms with van der Waals surface area (Å²) in [5.74, 6) is 0.740. The first-order chi connectivity index (χ1) is 9.13. The number of hydrogen-bond donors (Lipinski definition) is 1. The third kappa shape index (κ3) is 2.83. The summed E-state index contributed by atoms with van der Waals surface area (Å²) in [6, 6.07) is 10.6. The molecule has 0 bridgehead atoms. The first-order valence-electron chi connectivity index (χ1n) is 6.05. The number of benzene rings is 1. The number of hydrogen-bond acceptors (Lipinski definition) is 3. The van der Waals surface area contributed by atoms with Gasteiger partial charge in [-0.15, -0.1) is 0 Å². The van der Waals surface area contributed by atoms with E-state index in [-0.39, 0.29) is 11.7 Å². The Hall–Kier alpha value is -2.54. The number of carbonyl (C=O) groups excluding carboxylic acids is 1. The Bertz CT molecular complexity index is 650. The molecule has 1 amide bonds. The standard InChI is InChI=1S/C15H14N2O2/c1-3-12-6-7-14(19-12)15(18)17-13-8-11(9-16)5-4-10(13)2/h4-8H,3H2,1-2H3,(H,17,18).